The molecule has 188 valence electrons. The molecule has 5 heteroatoms. The first-order chi connectivity index (χ1) is 16.3. The fourth-order valence-electron chi connectivity index (χ4n) is 4.57. The maximum atomic E-state index is 13.4. The van der Waals surface area contributed by atoms with Crippen LogP contribution in [0.1, 0.15) is 80.8 Å². The van der Waals surface area contributed by atoms with Gasteiger partial charge in [0.15, 0.2) is 0 Å². The average molecular weight is 477 g/mol. The van der Waals surface area contributed by atoms with Gasteiger partial charge >= 0.3 is 0 Å². The first kappa shape index (κ1) is 26.7. The highest BCUT2D eigenvalue weighted by atomic mass is 16.3. The van der Waals surface area contributed by atoms with Gasteiger partial charge in [0.25, 0.3) is 11.7 Å². The molecule has 1 aliphatic heterocycles. The number of nitrogens with zero attached hydrogens (tertiary/aromatic N) is 2. The van der Waals surface area contributed by atoms with Crippen molar-refractivity contribution in [2.75, 3.05) is 27.2 Å². The fourth-order valence-corrected chi connectivity index (χ4v) is 4.57. The third-order valence-electron chi connectivity index (χ3n) is 6.82. The summed E-state index contributed by atoms with van der Waals surface area (Å²) in [5.74, 6) is -0.892. The number of aliphatic hydroxyl groups is 1. The summed E-state index contributed by atoms with van der Waals surface area (Å²) in [6, 6.07) is 13.4. The summed E-state index contributed by atoms with van der Waals surface area (Å²) in [6.07, 6.45) is 0.735. The van der Waals surface area contributed by atoms with Gasteiger partial charge < -0.3 is 14.9 Å². The van der Waals surface area contributed by atoms with Crippen LogP contribution in [0.5, 0.6) is 0 Å². The summed E-state index contributed by atoms with van der Waals surface area (Å²) >= 11 is 0. The van der Waals surface area contributed by atoms with Crippen LogP contribution < -0.4 is 0 Å². The zero-order chi connectivity index (χ0) is 26.1. The van der Waals surface area contributed by atoms with Crippen molar-refractivity contribution in [2.45, 2.75) is 65.3 Å². The van der Waals surface area contributed by atoms with Gasteiger partial charge in [-0.15, -0.1) is 0 Å². The van der Waals surface area contributed by atoms with Gasteiger partial charge in [0.2, 0.25) is 0 Å². The molecule has 35 heavy (non-hydrogen) atoms. The van der Waals surface area contributed by atoms with Gasteiger partial charge in [-0.25, -0.2) is 0 Å². The topological polar surface area (TPSA) is 60.9 Å². The Kier molecular flexibility index (Phi) is 7.90. The van der Waals surface area contributed by atoms with Crippen molar-refractivity contribution in [3.63, 3.8) is 0 Å². The molecule has 0 aliphatic carbocycles. The van der Waals surface area contributed by atoms with Crippen molar-refractivity contribution in [2.24, 2.45) is 0 Å². The number of aliphatic hydroxyl groups excluding tert-OH is 1. The summed E-state index contributed by atoms with van der Waals surface area (Å²) in [7, 11) is 3.97. The van der Waals surface area contributed by atoms with Crippen molar-refractivity contribution in [3.8, 4) is 0 Å². The molecule has 5 nitrogen and oxygen atoms in total. The number of Topliss-reactive ketones (excluding diaryl/α,β-unsaturated/α-hetero) is 1. The minimum atomic E-state index is -0.620. The molecule has 0 aromatic heterocycles. The standard InChI is InChI=1S/C30H40N2O3/c1-19(2)21-11-13-22(14-12-21)26-25(28(34)29(35)32(26)17-9-16-31(7)8)27(33)24-18-23(30(4,5)6)15-10-20(24)3/h10-15,18-19,26,33H,9,16-17H2,1-8H3/b27-25+. The van der Waals surface area contributed by atoms with Crippen molar-refractivity contribution in [1.82, 2.24) is 9.80 Å². The van der Waals surface area contributed by atoms with E-state index in [1.54, 1.807) is 4.90 Å². The Morgan fingerprint density at radius 2 is 1.69 bits per heavy atom. The Balaban J connectivity index is 2.17. The number of carbonyl (C=O) groups is 2. The first-order valence-electron chi connectivity index (χ1n) is 12.5. The average Bonchev–Trinajstić information content (AvgIpc) is 3.03. The minimum absolute atomic E-state index is 0.0972. The van der Waals surface area contributed by atoms with Gasteiger partial charge in [0.1, 0.15) is 5.76 Å². The number of hydrogen-bond acceptors (Lipinski definition) is 4. The van der Waals surface area contributed by atoms with Gasteiger partial charge in [-0.1, -0.05) is 71.0 Å². The van der Waals surface area contributed by atoms with Crippen molar-refractivity contribution in [3.05, 3.63) is 75.9 Å². The van der Waals surface area contributed by atoms with E-state index in [0.717, 1.165) is 29.7 Å². The Hall–Kier alpha value is -2.92. The van der Waals surface area contributed by atoms with Crippen LogP contribution in [0.3, 0.4) is 0 Å². The molecule has 1 unspecified atom stereocenters. The number of ketones is 1. The molecule has 3 rings (SSSR count). The van der Waals surface area contributed by atoms with E-state index in [1.165, 1.54) is 5.56 Å². The SMILES string of the molecule is Cc1ccc(C(C)(C)C)cc1/C(O)=C1\C(=O)C(=O)N(CCCN(C)C)C1c1ccc(C(C)C)cc1. The molecule has 1 N–H and O–H groups in total. The largest absolute Gasteiger partial charge is 0.507 e. The van der Waals surface area contributed by atoms with Crippen LogP contribution >= 0.6 is 0 Å². The van der Waals surface area contributed by atoms with E-state index >= 15 is 0 Å². The number of likely N-dealkylation sites (tertiary alicyclic amines) is 1. The molecule has 2 aromatic carbocycles. The third-order valence-corrected chi connectivity index (χ3v) is 6.82. The van der Waals surface area contributed by atoms with Gasteiger partial charge in [-0.2, -0.15) is 0 Å². The lowest BCUT2D eigenvalue weighted by Gasteiger charge is -2.26. The van der Waals surface area contributed by atoms with E-state index in [-0.39, 0.29) is 16.7 Å². The van der Waals surface area contributed by atoms with Crippen LogP contribution in [0, 0.1) is 6.92 Å². The van der Waals surface area contributed by atoms with Gasteiger partial charge in [-0.3, -0.25) is 9.59 Å². The summed E-state index contributed by atoms with van der Waals surface area (Å²) in [6.45, 7) is 13.8. The molecule has 2 aromatic rings. The van der Waals surface area contributed by atoms with E-state index in [4.69, 9.17) is 0 Å². The molecule has 1 heterocycles. The van der Waals surface area contributed by atoms with Crippen molar-refractivity contribution in [1.29, 1.82) is 0 Å². The lowest BCUT2D eigenvalue weighted by atomic mass is 9.84. The second-order valence-electron chi connectivity index (χ2n) is 11.3. The van der Waals surface area contributed by atoms with Crippen LogP contribution in [0.2, 0.25) is 0 Å². The Morgan fingerprint density at radius 1 is 1.06 bits per heavy atom. The number of carbonyl (C=O) groups excluding carboxylic acids is 2. The lowest BCUT2D eigenvalue weighted by molar-refractivity contribution is -0.139. The molecular formula is C30H40N2O3. The maximum absolute atomic E-state index is 13.4. The van der Waals surface area contributed by atoms with Crippen molar-refractivity contribution >= 4 is 17.4 Å². The molecule has 1 saturated heterocycles. The van der Waals surface area contributed by atoms with E-state index in [0.29, 0.717) is 18.0 Å². The Labute approximate surface area is 210 Å². The summed E-state index contributed by atoms with van der Waals surface area (Å²) in [5.41, 5.74) is 4.61. The van der Waals surface area contributed by atoms with Gasteiger partial charge in [0.05, 0.1) is 11.6 Å². The zero-order valence-corrected chi connectivity index (χ0v) is 22.5. The number of rotatable bonds is 7. The molecule has 1 fully saturated rings. The minimum Gasteiger partial charge on any atom is -0.507 e. The highest BCUT2D eigenvalue weighted by Crippen LogP contribution is 2.41. The zero-order valence-electron chi connectivity index (χ0n) is 22.5. The van der Waals surface area contributed by atoms with E-state index in [9.17, 15) is 14.7 Å². The number of benzene rings is 2. The normalized spacial score (nSPS) is 18.2. The molecule has 0 bridgehead atoms. The second kappa shape index (κ2) is 10.4. The van der Waals surface area contributed by atoms with Crippen LogP contribution in [-0.2, 0) is 15.0 Å². The number of aryl methyl sites for hydroxylation is 1. The third kappa shape index (κ3) is 5.67. The van der Waals surface area contributed by atoms with E-state index in [2.05, 4.69) is 39.5 Å². The van der Waals surface area contributed by atoms with Crippen LogP contribution in [0.25, 0.3) is 5.76 Å². The summed E-state index contributed by atoms with van der Waals surface area (Å²) in [4.78, 5) is 30.3. The molecular weight excluding hydrogens is 436 g/mol. The predicted octanol–water partition coefficient (Wildman–Crippen LogP) is 5.79. The smallest absolute Gasteiger partial charge is 0.295 e. The second-order valence-corrected chi connectivity index (χ2v) is 11.3. The number of hydrogen-bond donors (Lipinski definition) is 1. The van der Waals surface area contributed by atoms with E-state index < -0.39 is 17.7 Å². The molecule has 1 aliphatic rings. The first-order valence-corrected chi connectivity index (χ1v) is 12.5. The summed E-state index contributed by atoms with van der Waals surface area (Å²) in [5, 5.41) is 11.6. The molecule has 0 saturated carbocycles. The van der Waals surface area contributed by atoms with Crippen molar-refractivity contribution < 1.29 is 14.7 Å². The molecule has 0 spiro atoms. The predicted molar refractivity (Wildman–Crippen MR) is 143 cm³/mol. The number of amides is 1. The monoisotopic (exact) mass is 476 g/mol. The fraction of sp³-hybridized carbons (Fsp3) is 0.467. The molecule has 0 radical (unpaired) electrons. The van der Waals surface area contributed by atoms with E-state index in [1.807, 2.05) is 63.5 Å². The molecule has 1 amide bonds. The summed E-state index contributed by atoms with van der Waals surface area (Å²) < 4.78 is 0. The quantitative estimate of drug-likeness (QED) is 0.312. The highest BCUT2D eigenvalue weighted by Gasteiger charge is 2.46. The lowest BCUT2D eigenvalue weighted by Crippen LogP contribution is -2.32. The van der Waals surface area contributed by atoms with Crippen LogP contribution in [-0.4, -0.2) is 53.8 Å². The van der Waals surface area contributed by atoms with Gasteiger partial charge in [-0.05, 0) is 73.6 Å². The highest BCUT2D eigenvalue weighted by molar-refractivity contribution is 6.46. The van der Waals surface area contributed by atoms with Gasteiger partial charge in [0, 0.05) is 12.1 Å². The maximum Gasteiger partial charge on any atom is 0.295 e. The molecule has 1 atom stereocenters. The Morgan fingerprint density at radius 3 is 2.23 bits per heavy atom. The van der Waals surface area contributed by atoms with Crippen LogP contribution in [0.4, 0.5) is 0 Å². The Bertz CT molecular complexity index is 1120. The van der Waals surface area contributed by atoms with Crippen LogP contribution in [0.15, 0.2) is 48.0 Å².